The van der Waals surface area contributed by atoms with E-state index in [9.17, 15) is 0 Å². The van der Waals surface area contributed by atoms with Gasteiger partial charge in [0.05, 0.1) is 25.6 Å². The van der Waals surface area contributed by atoms with Crippen molar-refractivity contribution in [2.45, 2.75) is 33.1 Å². The number of nitrogens with zero attached hydrogens (tertiary/aromatic N) is 4. The van der Waals surface area contributed by atoms with E-state index in [-0.39, 0.29) is 5.41 Å². The maximum atomic E-state index is 5.33. The molecule has 3 rings (SSSR count). The molecule has 26 heavy (non-hydrogen) atoms. The summed E-state index contributed by atoms with van der Waals surface area (Å²) >= 11 is 0. The van der Waals surface area contributed by atoms with Gasteiger partial charge in [-0.05, 0) is 30.7 Å². The Kier molecular flexibility index (Phi) is 4.68. The highest BCUT2D eigenvalue weighted by atomic mass is 16.5. The highest BCUT2D eigenvalue weighted by Gasteiger charge is 2.24. The summed E-state index contributed by atoms with van der Waals surface area (Å²) in [5.74, 6) is 2.02. The largest absolute Gasteiger partial charge is 0.493 e. The average molecular weight is 352 g/mol. The molecule has 0 bridgehead atoms. The number of aryl methyl sites for hydroxylation is 1. The second-order valence-electron chi connectivity index (χ2n) is 7.21. The van der Waals surface area contributed by atoms with Crippen molar-refractivity contribution in [3.05, 3.63) is 47.8 Å². The van der Waals surface area contributed by atoms with Crippen LogP contribution in [0.1, 0.15) is 32.0 Å². The van der Waals surface area contributed by atoms with Crippen molar-refractivity contribution in [1.29, 1.82) is 0 Å². The van der Waals surface area contributed by atoms with Crippen LogP contribution in [-0.2, 0) is 5.41 Å². The van der Waals surface area contributed by atoms with Gasteiger partial charge in [0.25, 0.3) is 0 Å². The Morgan fingerprint density at radius 3 is 2.35 bits per heavy atom. The first kappa shape index (κ1) is 17.9. The van der Waals surface area contributed by atoms with Crippen LogP contribution in [0, 0.1) is 6.92 Å². The third-order valence-electron chi connectivity index (χ3n) is 4.08. The highest BCUT2D eigenvalue weighted by molar-refractivity contribution is 5.56. The minimum atomic E-state index is -0.147. The number of methoxy groups -OCH3 is 2. The van der Waals surface area contributed by atoms with E-state index in [1.807, 2.05) is 41.8 Å². The van der Waals surface area contributed by atoms with Crippen LogP contribution in [0.25, 0.3) is 5.65 Å². The molecule has 0 unspecified atom stereocenters. The molecule has 6 nitrogen and oxygen atoms in total. The number of fused-ring (bicyclic) bond motifs is 1. The van der Waals surface area contributed by atoms with Gasteiger partial charge < -0.3 is 9.47 Å². The molecule has 0 radical (unpaired) electrons. The lowest BCUT2D eigenvalue weighted by Gasteiger charge is -2.15. The summed E-state index contributed by atoms with van der Waals surface area (Å²) in [4.78, 5) is 4.76. The highest BCUT2D eigenvalue weighted by Crippen LogP contribution is 2.35. The summed E-state index contributed by atoms with van der Waals surface area (Å²) in [6, 6.07) is 9.50. The van der Waals surface area contributed by atoms with Gasteiger partial charge in [-0.15, -0.1) is 10.2 Å². The van der Waals surface area contributed by atoms with Crippen molar-refractivity contribution < 1.29 is 9.47 Å². The molecule has 0 aliphatic heterocycles. The third kappa shape index (κ3) is 3.40. The zero-order chi connectivity index (χ0) is 18.9. The minimum Gasteiger partial charge on any atom is -0.493 e. The van der Waals surface area contributed by atoms with E-state index in [0.29, 0.717) is 17.2 Å². The van der Waals surface area contributed by atoms with Gasteiger partial charge in [-0.3, -0.25) is 4.40 Å². The number of imidazole rings is 1. The van der Waals surface area contributed by atoms with Crippen molar-refractivity contribution >= 4 is 17.2 Å². The summed E-state index contributed by atoms with van der Waals surface area (Å²) in [5.41, 5.74) is 3.45. The van der Waals surface area contributed by atoms with Gasteiger partial charge in [-0.2, -0.15) is 0 Å². The maximum Gasteiger partial charge on any atom is 0.183 e. The van der Waals surface area contributed by atoms with Crippen LogP contribution in [0.3, 0.4) is 0 Å². The van der Waals surface area contributed by atoms with Gasteiger partial charge in [0.2, 0.25) is 0 Å². The van der Waals surface area contributed by atoms with Crippen molar-refractivity contribution in [2.24, 2.45) is 10.2 Å². The summed E-state index contributed by atoms with van der Waals surface area (Å²) in [6.07, 6.45) is 2.03. The van der Waals surface area contributed by atoms with Crippen LogP contribution in [-0.4, -0.2) is 23.6 Å². The first-order valence-corrected chi connectivity index (χ1v) is 8.46. The number of aromatic nitrogens is 2. The standard InChI is InChI=1S/C20H24N4O2/c1-13-7-10-17-21-18(20(2,3)4)19(24(17)12-13)23-22-14-8-9-15(25-5)16(11-14)26-6/h7-12H,1-6H3. The second kappa shape index (κ2) is 6.78. The van der Waals surface area contributed by atoms with E-state index in [0.717, 1.165) is 22.7 Å². The van der Waals surface area contributed by atoms with Crippen molar-refractivity contribution in [1.82, 2.24) is 9.38 Å². The summed E-state index contributed by atoms with van der Waals surface area (Å²) in [6.45, 7) is 8.41. The predicted molar refractivity (Wildman–Crippen MR) is 102 cm³/mol. The Hall–Kier alpha value is -2.89. The monoisotopic (exact) mass is 352 g/mol. The number of hydrogen-bond acceptors (Lipinski definition) is 5. The first-order valence-electron chi connectivity index (χ1n) is 8.46. The molecular formula is C20H24N4O2. The minimum absolute atomic E-state index is 0.147. The van der Waals surface area contributed by atoms with Crippen LogP contribution in [0.4, 0.5) is 11.5 Å². The molecule has 0 aliphatic carbocycles. The van der Waals surface area contributed by atoms with Gasteiger partial charge in [0, 0.05) is 17.7 Å². The lowest BCUT2D eigenvalue weighted by molar-refractivity contribution is 0.355. The fraction of sp³-hybridized carbons (Fsp3) is 0.350. The second-order valence-corrected chi connectivity index (χ2v) is 7.21. The van der Waals surface area contributed by atoms with E-state index in [2.05, 4.69) is 31.0 Å². The van der Waals surface area contributed by atoms with Crippen LogP contribution in [0.5, 0.6) is 11.5 Å². The molecule has 2 aromatic heterocycles. The van der Waals surface area contributed by atoms with Gasteiger partial charge in [0.15, 0.2) is 17.3 Å². The number of rotatable bonds is 4. The number of pyridine rings is 1. The molecule has 0 spiro atoms. The number of hydrogen-bond donors (Lipinski definition) is 0. The van der Waals surface area contributed by atoms with E-state index in [1.54, 1.807) is 20.3 Å². The molecule has 0 amide bonds. The lowest BCUT2D eigenvalue weighted by atomic mass is 9.92. The molecule has 136 valence electrons. The van der Waals surface area contributed by atoms with Gasteiger partial charge in [0.1, 0.15) is 5.65 Å². The molecule has 2 heterocycles. The Morgan fingerprint density at radius 1 is 0.962 bits per heavy atom. The number of azo groups is 1. The fourth-order valence-electron chi connectivity index (χ4n) is 2.73. The Morgan fingerprint density at radius 2 is 1.69 bits per heavy atom. The average Bonchev–Trinajstić information content (AvgIpc) is 2.97. The fourth-order valence-corrected chi connectivity index (χ4v) is 2.73. The van der Waals surface area contributed by atoms with Crippen LogP contribution in [0.15, 0.2) is 46.8 Å². The Labute approximate surface area is 153 Å². The third-order valence-corrected chi connectivity index (χ3v) is 4.08. The number of benzene rings is 1. The Balaban J connectivity index is 2.10. The van der Waals surface area contributed by atoms with Crippen molar-refractivity contribution in [2.75, 3.05) is 14.2 Å². The zero-order valence-electron chi connectivity index (χ0n) is 16.1. The Bertz CT molecular complexity index is 968. The van der Waals surface area contributed by atoms with Gasteiger partial charge in [-0.25, -0.2) is 4.98 Å². The normalized spacial score (nSPS) is 12.1. The van der Waals surface area contributed by atoms with E-state index in [1.165, 1.54) is 0 Å². The summed E-state index contributed by atoms with van der Waals surface area (Å²) in [7, 11) is 3.21. The lowest BCUT2D eigenvalue weighted by Crippen LogP contribution is -2.11. The summed E-state index contributed by atoms with van der Waals surface area (Å²) < 4.78 is 12.6. The predicted octanol–water partition coefficient (Wildman–Crippen LogP) is 5.37. The van der Waals surface area contributed by atoms with Crippen LogP contribution >= 0.6 is 0 Å². The molecular weight excluding hydrogens is 328 g/mol. The topological polar surface area (TPSA) is 60.5 Å². The van der Waals surface area contributed by atoms with E-state index >= 15 is 0 Å². The molecule has 3 aromatic rings. The van der Waals surface area contributed by atoms with Crippen molar-refractivity contribution in [3.8, 4) is 11.5 Å². The molecule has 1 aromatic carbocycles. The zero-order valence-corrected chi connectivity index (χ0v) is 16.1. The molecule has 6 heteroatoms. The smallest absolute Gasteiger partial charge is 0.183 e. The molecule has 0 N–H and O–H groups in total. The summed E-state index contributed by atoms with van der Waals surface area (Å²) in [5, 5.41) is 8.95. The van der Waals surface area contributed by atoms with E-state index in [4.69, 9.17) is 14.5 Å². The van der Waals surface area contributed by atoms with Crippen LogP contribution < -0.4 is 9.47 Å². The van der Waals surface area contributed by atoms with E-state index < -0.39 is 0 Å². The molecule has 0 saturated heterocycles. The number of ether oxygens (including phenoxy) is 2. The SMILES string of the molecule is COc1ccc(N=Nc2c(C(C)(C)C)nc3ccc(C)cn23)cc1OC. The first-order chi connectivity index (χ1) is 12.3. The van der Waals surface area contributed by atoms with Crippen LogP contribution in [0.2, 0.25) is 0 Å². The van der Waals surface area contributed by atoms with Gasteiger partial charge in [-0.1, -0.05) is 26.8 Å². The van der Waals surface area contributed by atoms with Gasteiger partial charge >= 0.3 is 0 Å². The molecule has 0 atom stereocenters. The quantitative estimate of drug-likeness (QED) is 0.593. The molecule has 0 fully saturated rings. The van der Waals surface area contributed by atoms with Crippen molar-refractivity contribution in [3.63, 3.8) is 0 Å². The molecule has 0 aliphatic rings. The maximum absolute atomic E-state index is 5.33. The molecule has 0 saturated carbocycles.